The van der Waals surface area contributed by atoms with Crippen LogP contribution in [0.2, 0.25) is 0 Å². The molecule has 1 rings (SSSR count). The van der Waals surface area contributed by atoms with Gasteiger partial charge in [-0.25, -0.2) is 0 Å². The molecule has 0 bridgehead atoms. The van der Waals surface area contributed by atoms with Crippen molar-refractivity contribution in [1.82, 2.24) is 0 Å². The molecule has 0 aromatic heterocycles. The molecule has 1 heterocycles. The molecule has 0 radical (unpaired) electrons. The third-order valence-corrected chi connectivity index (χ3v) is 2.42. The third kappa shape index (κ3) is 2.50. The Kier molecular flexibility index (Phi) is 3.57. The molecule has 0 unspecified atom stereocenters. The lowest BCUT2D eigenvalue weighted by Gasteiger charge is -2.02. The van der Waals surface area contributed by atoms with Crippen LogP contribution < -0.4 is 0 Å². The Balaban J connectivity index is 2.19. The van der Waals surface area contributed by atoms with Crippen LogP contribution in [-0.2, 0) is 9.53 Å². The van der Waals surface area contributed by atoms with Gasteiger partial charge in [0, 0.05) is 0 Å². The fourth-order valence-electron chi connectivity index (χ4n) is 1.72. The summed E-state index contributed by atoms with van der Waals surface area (Å²) < 4.78 is 5.07. The zero-order valence-corrected chi connectivity index (χ0v) is 8.01. The molecule has 70 valence electrons. The zero-order valence-electron chi connectivity index (χ0n) is 8.01. The molecule has 1 aliphatic rings. The first-order valence-corrected chi connectivity index (χ1v) is 4.94. The summed E-state index contributed by atoms with van der Waals surface area (Å²) in [4.78, 5) is 11.2. The molecule has 1 fully saturated rings. The maximum atomic E-state index is 11.2. The van der Waals surface area contributed by atoms with Crippen LogP contribution >= 0.6 is 0 Å². The standard InChI is InChI=1S/C10H18O2/c1-3-4-5-6-9-7-8(2)12-10(9)11/h8-9H,3-7H2,1-2H3/t8-,9+/m1/s1. The Bertz CT molecular complexity index is 154. The third-order valence-electron chi connectivity index (χ3n) is 2.42. The van der Waals surface area contributed by atoms with Crippen LogP contribution in [0.4, 0.5) is 0 Å². The summed E-state index contributed by atoms with van der Waals surface area (Å²) in [7, 11) is 0. The van der Waals surface area contributed by atoms with Crippen molar-refractivity contribution in [2.45, 2.75) is 52.1 Å². The predicted octanol–water partition coefficient (Wildman–Crippen LogP) is 2.52. The number of unbranched alkanes of at least 4 members (excludes halogenated alkanes) is 2. The number of carbonyl (C=O) groups is 1. The minimum Gasteiger partial charge on any atom is -0.462 e. The molecule has 0 amide bonds. The van der Waals surface area contributed by atoms with Crippen molar-refractivity contribution in [2.24, 2.45) is 5.92 Å². The fourth-order valence-corrected chi connectivity index (χ4v) is 1.72. The molecule has 0 N–H and O–H groups in total. The van der Waals surface area contributed by atoms with E-state index in [0.29, 0.717) is 0 Å². The Morgan fingerprint density at radius 1 is 1.50 bits per heavy atom. The smallest absolute Gasteiger partial charge is 0.309 e. The monoisotopic (exact) mass is 170 g/mol. The summed E-state index contributed by atoms with van der Waals surface area (Å²) in [5.74, 6) is 0.227. The van der Waals surface area contributed by atoms with Gasteiger partial charge in [-0.3, -0.25) is 4.79 Å². The van der Waals surface area contributed by atoms with Crippen molar-refractivity contribution in [3.05, 3.63) is 0 Å². The quantitative estimate of drug-likeness (QED) is 0.478. The molecule has 0 spiro atoms. The second-order valence-electron chi connectivity index (χ2n) is 3.68. The average molecular weight is 170 g/mol. The number of ether oxygens (including phenoxy) is 1. The first-order valence-electron chi connectivity index (χ1n) is 4.94. The Hall–Kier alpha value is -0.530. The minimum absolute atomic E-state index is 0.0265. The highest BCUT2D eigenvalue weighted by molar-refractivity contribution is 5.74. The van der Waals surface area contributed by atoms with E-state index in [9.17, 15) is 4.79 Å². The Labute approximate surface area is 74.3 Å². The van der Waals surface area contributed by atoms with Gasteiger partial charge in [-0.2, -0.15) is 0 Å². The Morgan fingerprint density at radius 2 is 2.25 bits per heavy atom. The van der Waals surface area contributed by atoms with Gasteiger partial charge in [0.25, 0.3) is 0 Å². The highest BCUT2D eigenvalue weighted by Crippen LogP contribution is 2.25. The summed E-state index contributed by atoms with van der Waals surface area (Å²) in [5.41, 5.74) is 0. The minimum atomic E-state index is 0.0265. The number of carbonyl (C=O) groups excluding carboxylic acids is 1. The van der Waals surface area contributed by atoms with Crippen LogP contribution in [0.3, 0.4) is 0 Å². The second-order valence-corrected chi connectivity index (χ2v) is 3.68. The number of esters is 1. The summed E-state index contributed by atoms with van der Waals surface area (Å²) in [5, 5.41) is 0. The molecule has 12 heavy (non-hydrogen) atoms. The summed E-state index contributed by atoms with van der Waals surface area (Å²) in [6, 6.07) is 0. The van der Waals surface area contributed by atoms with Crippen molar-refractivity contribution >= 4 is 5.97 Å². The van der Waals surface area contributed by atoms with Crippen LogP contribution in [0, 0.1) is 5.92 Å². The lowest BCUT2D eigenvalue weighted by molar-refractivity contribution is -0.143. The van der Waals surface area contributed by atoms with Crippen molar-refractivity contribution < 1.29 is 9.53 Å². The maximum absolute atomic E-state index is 11.2. The molecule has 0 saturated carbocycles. The first kappa shape index (κ1) is 9.56. The van der Waals surface area contributed by atoms with Crippen LogP contribution in [0.15, 0.2) is 0 Å². The van der Waals surface area contributed by atoms with Gasteiger partial charge < -0.3 is 4.74 Å². The van der Waals surface area contributed by atoms with Gasteiger partial charge in [-0.15, -0.1) is 0 Å². The van der Waals surface area contributed by atoms with Crippen LogP contribution in [0.1, 0.15) is 46.0 Å². The summed E-state index contributed by atoms with van der Waals surface area (Å²) in [6.07, 6.45) is 5.74. The van der Waals surface area contributed by atoms with Crippen LogP contribution in [0.5, 0.6) is 0 Å². The molecule has 0 aromatic rings. The normalized spacial score (nSPS) is 29.0. The van der Waals surface area contributed by atoms with E-state index in [0.717, 1.165) is 12.8 Å². The van der Waals surface area contributed by atoms with Crippen molar-refractivity contribution in [3.63, 3.8) is 0 Å². The lowest BCUT2D eigenvalue weighted by atomic mass is 9.98. The van der Waals surface area contributed by atoms with Gasteiger partial charge in [0.15, 0.2) is 0 Å². The molecule has 0 aliphatic carbocycles. The lowest BCUT2D eigenvalue weighted by Crippen LogP contribution is -2.06. The van der Waals surface area contributed by atoms with E-state index in [2.05, 4.69) is 6.92 Å². The zero-order chi connectivity index (χ0) is 8.97. The highest BCUT2D eigenvalue weighted by atomic mass is 16.5. The number of rotatable bonds is 4. The molecule has 2 atom stereocenters. The van der Waals surface area contributed by atoms with Gasteiger partial charge in [-0.1, -0.05) is 26.2 Å². The van der Waals surface area contributed by atoms with E-state index >= 15 is 0 Å². The second kappa shape index (κ2) is 4.48. The summed E-state index contributed by atoms with van der Waals surface area (Å²) in [6.45, 7) is 4.15. The Morgan fingerprint density at radius 3 is 2.75 bits per heavy atom. The van der Waals surface area contributed by atoms with Crippen LogP contribution in [0.25, 0.3) is 0 Å². The number of hydrogen-bond donors (Lipinski definition) is 0. The van der Waals surface area contributed by atoms with E-state index < -0.39 is 0 Å². The molecule has 0 aromatic carbocycles. The van der Waals surface area contributed by atoms with Gasteiger partial charge in [-0.05, 0) is 19.8 Å². The van der Waals surface area contributed by atoms with E-state index in [4.69, 9.17) is 4.74 Å². The first-order chi connectivity index (χ1) is 5.74. The van der Waals surface area contributed by atoms with Crippen LogP contribution in [-0.4, -0.2) is 12.1 Å². The fraction of sp³-hybridized carbons (Fsp3) is 0.900. The van der Waals surface area contributed by atoms with Gasteiger partial charge in [0.2, 0.25) is 0 Å². The molecule has 2 heteroatoms. The molecular weight excluding hydrogens is 152 g/mol. The topological polar surface area (TPSA) is 26.3 Å². The number of hydrogen-bond acceptors (Lipinski definition) is 2. The maximum Gasteiger partial charge on any atom is 0.309 e. The van der Waals surface area contributed by atoms with E-state index in [-0.39, 0.29) is 18.0 Å². The highest BCUT2D eigenvalue weighted by Gasteiger charge is 2.30. The summed E-state index contributed by atoms with van der Waals surface area (Å²) >= 11 is 0. The average Bonchev–Trinajstić information content (AvgIpc) is 2.31. The van der Waals surface area contributed by atoms with Gasteiger partial charge in [0.05, 0.1) is 12.0 Å². The molecule has 1 saturated heterocycles. The van der Waals surface area contributed by atoms with E-state index in [1.54, 1.807) is 0 Å². The van der Waals surface area contributed by atoms with Crippen molar-refractivity contribution in [1.29, 1.82) is 0 Å². The predicted molar refractivity (Wildman–Crippen MR) is 47.8 cm³/mol. The van der Waals surface area contributed by atoms with Crippen molar-refractivity contribution in [3.8, 4) is 0 Å². The molecular formula is C10H18O2. The molecule has 2 nitrogen and oxygen atoms in total. The number of cyclic esters (lactones) is 1. The molecule has 1 aliphatic heterocycles. The van der Waals surface area contributed by atoms with Gasteiger partial charge >= 0.3 is 5.97 Å². The SMILES string of the molecule is CCCCC[C@H]1C[C@@H](C)OC1=O. The van der Waals surface area contributed by atoms with E-state index in [1.807, 2.05) is 6.92 Å². The van der Waals surface area contributed by atoms with E-state index in [1.165, 1.54) is 19.3 Å². The van der Waals surface area contributed by atoms with Gasteiger partial charge in [0.1, 0.15) is 0 Å². The largest absolute Gasteiger partial charge is 0.462 e. The van der Waals surface area contributed by atoms with Crippen molar-refractivity contribution in [2.75, 3.05) is 0 Å².